The van der Waals surface area contributed by atoms with E-state index in [1.165, 1.54) is 0 Å². The maximum Gasteiger partial charge on any atom is 0.362 e. The van der Waals surface area contributed by atoms with Gasteiger partial charge in [-0.2, -0.15) is 0 Å². The summed E-state index contributed by atoms with van der Waals surface area (Å²) in [4.78, 5) is 25.3. The first-order valence-electron chi connectivity index (χ1n) is 10.3. The minimum Gasteiger partial charge on any atom is -0.456 e. The number of quaternary nitrogens is 1. The van der Waals surface area contributed by atoms with Crippen molar-refractivity contribution < 1.29 is 23.5 Å². The molecule has 28 heavy (non-hydrogen) atoms. The zero-order valence-corrected chi connectivity index (χ0v) is 18.7. The van der Waals surface area contributed by atoms with Crippen LogP contribution in [-0.2, 0) is 19.1 Å². The van der Waals surface area contributed by atoms with Gasteiger partial charge in [-0.1, -0.05) is 0 Å². The SMILES string of the molecule is CC(C)(C)OC(=O)C[N+]1(CC(=O)OC(C)(C)C)CCNCCNCCNCC1. The number of nitrogens with zero attached hydrogens (tertiary/aromatic N) is 1. The molecule has 1 aliphatic rings. The summed E-state index contributed by atoms with van der Waals surface area (Å²) in [5.41, 5.74) is -1.11. The van der Waals surface area contributed by atoms with E-state index in [1.54, 1.807) is 0 Å². The van der Waals surface area contributed by atoms with Crippen LogP contribution in [0, 0.1) is 0 Å². The highest BCUT2D eigenvalue weighted by Gasteiger charge is 2.36. The molecule has 164 valence electrons. The Balaban J connectivity index is 2.95. The molecule has 1 aliphatic heterocycles. The molecule has 0 aromatic rings. The number of ether oxygens (including phenoxy) is 2. The van der Waals surface area contributed by atoms with E-state index in [-0.39, 0.29) is 25.0 Å². The Morgan fingerprint density at radius 1 is 0.679 bits per heavy atom. The number of carbonyl (C=O) groups is 2. The van der Waals surface area contributed by atoms with E-state index >= 15 is 0 Å². The highest BCUT2D eigenvalue weighted by atomic mass is 16.6. The molecule has 0 radical (unpaired) electrons. The Kier molecular flexibility index (Phi) is 9.83. The summed E-state index contributed by atoms with van der Waals surface area (Å²) < 4.78 is 11.4. The van der Waals surface area contributed by atoms with E-state index < -0.39 is 11.2 Å². The van der Waals surface area contributed by atoms with Crippen molar-refractivity contribution in [1.82, 2.24) is 16.0 Å². The maximum absolute atomic E-state index is 12.6. The lowest BCUT2D eigenvalue weighted by Crippen LogP contribution is -2.60. The summed E-state index contributed by atoms with van der Waals surface area (Å²) in [6.07, 6.45) is 0. The Morgan fingerprint density at radius 2 is 1.00 bits per heavy atom. The average Bonchev–Trinajstić information content (AvgIpc) is 2.46. The first-order valence-corrected chi connectivity index (χ1v) is 10.3. The van der Waals surface area contributed by atoms with Gasteiger partial charge < -0.3 is 29.9 Å². The number of nitrogens with one attached hydrogen (secondary N) is 3. The van der Waals surface area contributed by atoms with Crippen LogP contribution in [0.3, 0.4) is 0 Å². The zero-order valence-electron chi connectivity index (χ0n) is 18.7. The van der Waals surface area contributed by atoms with Crippen LogP contribution in [0.5, 0.6) is 0 Å². The van der Waals surface area contributed by atoms with E-state index in [2.05, 4.69) is 16.0 Å². The van der Waals surface area contributed by atoms with Crippen LogP contribution in [0.2, 0.25) is 0 Å². The second-order valence-corrected chi connectivity index (χ2v) is 9.53. The lowest BCUT2D eigenvalue weighted by molar-refractivity contribution is -0.912. The van der Waals surface area contributed by atoms with Crippen molar-refractivity contribution in [2.24, 2.45) is 0 Å². The Labute approximate surface area is 170 Å². The Bertz CT molecular complexity index is 453. The molecule has 1 rings (SSSR count). The molecule has 0 atom stereocenters. The maximum atomic E-state index is 12.6. The molecule has 0 amide bonds. The van der Waals surface area contributed by atoms with Crippen molar-refractivity contribution in [3.8, 4) is 0 Å². The summed E-state index contributed by atoms with van der Waals surface area (Å²) in [6.45, 7) is 17.6. The van der Waals surface area contributed by atoms with Crippen LogP contribution in [0.25, 0.3) is 0 Å². The lowest BCUT2D eigenvalue weighted by atomic mass is 10.2. The minimum atomic E-state index is -0.554. The third kappa shape index (κ3) is 11.6. The van der Waals surface area contributed by atoms with E-state index in [0.717, 1.165) is 26.2 Å². The van der Waals surface area contributed by atoms with Gasteiger partial charge in [0.1, 0.15) is 11.2 Å². The Morgan fingerprint density at radius 3 is 1.32 bits per heavy atom. The zero-order chi connectivity index (χ0) is 21.3. The molecule has 0 saturated carbocycles. The molecule has 0 aromatic heterocycles. The summed E-state index contributed by atoms with van der Waals surface area (Å²) in [5.74, 6) is -0.574. The second-order valence-electron chi connectivity index (χ2n) is 9.53. The van der Waals surface area contributed by atoms with Crippen LogP contribution < -0.4 is 16.0 Å². The van der Waals surface area contributed by atoms with Crippen LogP contribution in [0.1, 0.15) is 41.5 Å². The highest BCUT2D eigenvalue weighted by molar-refractivity contribution is 5.73. The van der Waals surface area contributed by atoms with Crippen LogP contribution in [0.15, 0.2) is 0 Å². The average molecular weight is 402 g/mol. The fourth-order valence-electron chi connectivity index (χ4n) is 3.14. The third-order valence-electron chi connectivity index (χ3n) is 4.25. The number of hydrogen-bond donors (Lipinski definition) is 3. The van der Waals surface area contributed by atoms with Gasteiger partial charge in [-0.15, -0.1) is 0 Å². The topological polar surface area (TPSA) is 88.7 Å². The van der Waals surface area contributed by atoms with Crippen molar-refractivity contribution in [1.29, 1.82) is 0 Å². The fourth-order valence-corrected chi connectivity index (χ4v) is 3.14. The predicted molar refractivity (Wildman–Crippen MR) is 110 cm³/mol. The molecule has 1 saturated heterocycles. The predicted octanol–water partition coefficient (Wildman–Crippen LogP) is 0.269. The molecule has 0 aliphatic carbocycles. The first-order chi connectivity index (χ1) is 12.9. The van der Waals surface area contributed by atoms with Gasteiger partial charge in [-0.3, -0.25) is 0 Å². The normalized spacial score (nSPS) is 19.8. The number of esters is 2. The van der Waals surface area contributed by atoms with Crippen molar-refractivity contribution in [2.45, 2.75) is 52.7 Å². The van der Waals surface area contributed by atoms with E-state index in [9.17, 15) is 9.59 Å². The number of carbonyl (C=O) groups excluding carboxylic acids is 2. The van der Waals surface area contributed by atoms with Gasteiger partial charge in [0.05, 0.1) is 13.1 Å². The minimum absolute atomic E-state index is 0.151. The smallest absolute Gasteiger partial charge is 0.362 e. The molecule has 3 N–H and O–H groups in total. The fraction of sp³-hybridized carbons (Fsp3) is 0.900. The molecule has 8 heteroatoms. The van der Waals surface area contributed by atoms with E-state index in [4.69, 9.17) is 9.47 Å². The van der Waals surface area contributed by atoms with Crippen LogP contribution >= 0.6 is 0 Å². The molecule has 0 unspecified atom stereocenters. The van der Waals surface area contributed by atoms with Gasteiger partial charge in [0.2, 0.25) is 0 Å². The molecule has 1 fully saturated rings. The van der Waals surface area contributed by atoms with Crippen LogP contribution in [0.4, 0.5) is 0 Å². The number of rotatable bonds is 4. The van der Waals surface area contributed by atoms with Gasteiger partial charge in [0.25, 0.3) is 0 Å². The monoisotopic (exact) mass is 401 g/mol. The second kappa shape index (κ2) is 11.1. The number of hydrogen-bond acceptors (Lipinski definition) is 7. The van der Waals surface area contributed by atoms with Gasteiger partial charge in [-0.05, 0) is 41.5 Å². The van der Waals surface area contributed by atoms with Crippen molar-refractivity contribution in [2.75, 3.05) is 65.4 Å². The van der Waals surface area contributed by atoms with Crippen LogP contribution in [-0.4, -0.2) is 93.1 Å². The Hall–Kier alpha value is -1.22. The molecular formula is C20H41N4O4+. The molecule has 8 nitrogen and oxygen atoms in total. The standard InChI is InChI=1S/C20H41N4O4/c1-19(2,3)27-17(25)15-24(16-18(26)28-20(4,5)6)13-11-22-9-7-21-8-10-23-12-14-24/h21-23H,7-16H2,1-6H3/q+1. The quantitative estimate of drug-likeness (QED) is 0.460. The molecule has 0 bridgehead atoms. The molecule has 1 heterocycles. The van der Waals surface area contributed by atoms with Crippen molar-refractivity contribution >= 4 is 11.9 Å². The third-order valence-corrected chi connectivity index (χ3v) is 4.25. The summed E-state index contributed by atoms with van der Waals surface area (Å²) in [6, 6.07) is 0. The van der Waals surface area contributed by atoms with Crippen molar-refractivity contribution in [3.63, 3.8) is 0 Å². The van der Waals surface area contributed by atoms with E-state index in [1.807, 2.05) is 41.5 Å². The van der Waals surface area contributed by atoms with Gasteiger partial charge in [0, 0.05) is 39.3 Å². The van der Waals surface area contributed by atoms with Gasteiger partial charge >= 0.3 is 11.9 Å². The van der Waals surface area contributed by atoms with E-state index in [0.29, 0.717) is 30.7 Å². The van der Waals surface area contributed by atoms with Gasteiger partial charge in [0.15, 0.2) is 13.1 Å². The summed E-state index contributed by atoms with van der Waals surface area (Å²) >= 11 is 0. The molecular weight excluding hydrogens is 360 g/mol. The lowest BCUT2D eigenvalue weighted by Gasteiger charge is -2.38. The highest BCUT2D eigenvalue weighted by Crippen LogP contribution is 2.14. The largest absolute Gasteiger partial charge is 0.456 e. The first kappa shape index (κ1) is 24.8. The van der Waals surface area contributed by atoms with Gasteiger partial charge in [-0.25, -0.2) is 9.59 Å². The summed E-state index contributed by atoms with van der Waals surface area (Å²) in [5, 5.41) is 10.2. The molecule has 0 aromatic carbocycles. The van der Waals surface area contributed by atoms with Crippen molar-refractivity contribution in [3.05, 3.63) is 0 Å². The summed E-state index contributed by atoms with van der Waals surface area (Å²) in [7, 11) is 0. The molecule has 0 spiro atoms.